The van der Waals surface area contributed by atoms with E-state index in [1.807, 2.05) is 30.8 Å². The number of rotatable bonds is 12. The zero-order chi connectivity index (χ0) is 19.3. The number of allylic oxidation sites excluding steroid dienone is 2. The smallest absolute Gasteiger partial charge is 0.306 e. The van der Waals surface area contributed by atoms with Gasteiger partial charge in [-0.05, 0) is 48.8 Å². The van der Waals surface area contributed by atoms with E-state index in [4.69, 9.17) is 9.73 Å². The molecular formula is C23H33NO2S. The maximum atomic E-state index is 11.4. The average Bonchev–Trinajstić information content (AvgIpc) is 3.11. The summed E-state index contributed by atoms with van der Waals surface area (Å²) in [7, 11) is 0. The Morgan fingerprint density at radius 1 is 1.04 bits per heavy atom. The summed E-state index contributed by atoms with van der Waals surface area (Å²) in [5.74, 6) is -0.131. The van der Waals surface area contributed by atoms with Gasteiger partial charge in [-0.25, -0.2) is 4.99 Å². The molecule has 3 nitrogen and oxygen atoms in total. The first kappa shape index (κ1) is 21.7. The van der Waals surface area contributed by atoms with Gasteiger partial charge in [-0.1, -0.05) is 69.0 Å². The molecule has 2 rings (SSSR count). The molecule has 0 saturated carbocycles. The van der Waals surface area contributed by atoms with Crippen LogP contribution in [0.5, 0.6) is 0 Å². The Morgan fingerprint density at radius 2 is 1.78 bits per heavy atom. The van der Waals surface area contributed by atoms with Gasteiger partial charge in [-0.15, -0.1) is 0 Å². The summed E-state index contributed by atoms with van der Waals surface area (Å²) in [6.07, 6.45) is 13.7. The molecule has 1 aromatic carbocycles. The number of hydrogen-bond donors (Lipinski definition) is 0. The average molecular weight is 388 g/mol. The molecular weight excluding hydrogens is 354 g/mol. The van der Waals surface area contributed by atoms with Gasteiger partial charge in [-0.3, -0.25) is 4.79 Å². The molecule has 27 heavy (non-hydrogen) atoms. The number of hydrogen-bond acceptors (Lipinski definition) is 4. The number of benzene rings is 1. The number of unbranched alkanes of at least 4 members (excludes halogenated alkanes) is 5. The molecule has 4 heteroatoms. The fourth-order valence-electron chi connectivity index (χ4n) is 3.10. The van der Waals surface area contributed by atoms with Gasteiger partial charge in [0, 0.05) is 12.8 Å². The Kier molecular flexibility index (Phi) is 10.3. The number of nitrogens with zero attached hydrogens (tertiary/aromatic N) is 1. The van der Waals surface area contributed by atoms with Crippen LogP contribution in [0.15, 0.2) is 40.2 Å². The second-order valence-electron chi connectivity index (χ2n) is 6.97. The summed E-state index contributed by atoms with van der Waals surface area (Å²) < 4.78 is 4.97. The van der Waals surface area contributed by atoms with E-state index >= 15 is 0 Å². The van der Waals surface area contributed by atoms with Crippen molar-refractivity contribution < 1.29 is 9.53 Å². The summed E-state index contributed by atoms with van der Waals surface area (Å²) in [6.45, 7) is 4.54. The summed E-state index contributed by atoms with van der Waals surface area (Å²) in [5.41, 5.74) is 2.14. The maximum Gasteiger partial charge on any atom is 0.306 e. The zero-order valence-corrected chi connectivity index (χ0v) is 17.7. The van der Waals surface area contributed by atoms with E-state index in [0.717, 1.165) is 17.7 Å². The van der Waals surface area contributed by atoms with Crippen molar-refractivity contribution >= 4 is 28.5 Å². The highest BCUT2D eigenvalue weighted by molar-refractivity contribution is 8.17. The van der Waals surface area contributed by atoms with Gasteiger partial charge in [0.1, 0.15) is 0 Å². The van der Waals surface area contributed by atoms with Crippen molar-refractivity contribution in [2.45, 2.75) is 78.1 Å². The SMILES string of the molecule is CCCCCCCCC1=CC/C(=N\c2ccc(CCC(=O)OCC)cc2)S1. The van der Waals surface area contributed by atoms with Gasteiger partial charge in [0.25, 0.3) is 0 Å². The lowest BCUT2D eigenvalue weighted by atomic mass is 10.1. The molecule has 0 bridgehead atoms. The molecule has 1 aliphatic heterocycles. The molecule has 1 aromatic rings. The predicted octanol–water partition coefficient (Wildman–Crippen LogP) is 6.98. The third kappa shape index (κ3) is 8.79. The van der Waals surface area contributed by atoms with Crippen molar-refractivity contribution in [3.8, 4) is 0 Å². The summed E-state index contributed by atoms with van der Waals surface area (Å²) in [4.78, 5) is 17.7. The molecule has 0 amide bonds. The van der Waals surface area contributed by atoms with Crippen molar-refractivity contribution in [3.63, 3.8) is 0 Å². The van der Waals surface area contributed by atoms with E-state index in [2.05, 4.69) is 25.1 Å². The van der Waals surface area contributed by atoms with Gasteiger partial charge in [0.05, 0.1) is 17.3 Å². The summed E-state index contributed by atoms with van der Waals surface area (Å²) in [6, 6.07) is 8.20. The van der Waals surface area contributed by atoms with E-state index in [9.17, 15) is 4.79 Å². The van der Waals surface area contributed by atoms with Crippen molar-refractivity contribution in [2.24, 2.45) is 4.99 Å². The predicted molar refractivity (Wildman–Crippen MR) is 117 cm³/mol. The van der Waals surface area contributed by atoms with Crippen LogP contribution in [0.2, 0.25) is 0 Å². The monoisotopic (exact) mass is 387 g/mol. The number of ether oxygens (including phenoxy) is 1. The van der Waals surface area contributed by atoms with Crippen LogP contribution < -0.4 is 0 Å². The summed E-state index contributed by atoms with van der Waals surface area (Å²) in [5, 5.41) is 1.19. The fraction of sp³-hybridized carbons (Fsp3) is 0.565. The summed E-state index contributed by atoms with van der Waals surface area (Å²) >= 11 is 1.85. The topological polar surface area (TPSA) is 38.7 Å². The van der Waals surface area contributed by atoms with Gasteiger partial charge in [-0.2, -0.15) is 0 Å². The normalized spacial score (nSPS) is 15.2. The van der Waals surface area contributed by atoms with Crippen molar-refractivity contribution in [1.29, 1.82) is 0 Å². The van der Waals surface area contributed by atoms with Crippen molar-refractivity contribution in [1.82, 2.24) is 0 Å². The van der Waals surface area contributed by atoms with E-state index in [-0.39, 0.29) is 5.97 Å². The van der Waals surface area contributed by atoms with E-state index < -0.39 is 0 Å². The third-order valence-corrected chi connectivity index (χ3v) is 5.77. The molecule has 0 N–H and O–H groups in total. The van der Waals surface area contributed by atoms with E-state index in [1.54, 1.807) is 0 Å². The molecule has 0 fully saturated rings. The first-order valence-corrected chi connectivity index (χ1v) is 11.2. The van der Waals surface area contributed by atoms with Crippen LogP contribution in [-0.2, 0) is 16.0 Å². The van der Waals surface area contributed by atoms with Gasteiger partial charge in [0.15, 0.2) is 0 Å². The van der Waals surface area contributed by atoms with Crippen LogP contribution >= 0.6 is 11.8 Å². The second kappa shape index (κ2) is 12.8. The van der Waals surface area contributed by atoms with Gasteiger partial charge < -0.3 is 4.74 Å². The van der Waals surface area contributed by atoms with Crippen LogP contribution in [0.3, 0.4) is 0 Å². The highest BCUT2D eigenvalue weighted by Gasteiger charge is 2.12. The minimum absolute atomic E-state index is 0.131. The van der Waals surface area contributed by atoms with E-state index in [1.165, 1.54) is 54.9 Å². The highest BCUT2D eigenvalue weighted by Crippen LogP contribution is 2.33. The lowest BCUT2D eigenvalue weighted by Crippen LogP contribution is -2.04. The fourth-order valence-corrected chi connectivity index (χ4v) is 4.13. The standard InChI is InChI=1S/C23H33NO2S/c1-3-5-6-7-8-9-10-21-16-17-22(27-21)24-20-14-11-19(12-15-20)13-18-23(25)26-4-2/h11-12,14-16H,3-10,13,17-18H2,1-2H3/b24-22+. The van der Waals surface area contributed by atoms with Crippen LogP contribution in [0.1, 0.15) is 77.2 Å². The molecule has 1 aliphatic rings. The van der Waals surface area contributed by atoms with E-state index in [0.29, 0.717) is 19.4 Å². The molecule has 0 atom stereocenters. The van der Waals surface area contributed by atoms with Crippen LogP contribution in [0.25, 0.3) is 0 Å². The van der Waals surface area contributed by atoms with Gasteiger partial charge >= 0.3 is 5.97 Å². The van der Waals surface area contributed by atoms with Gasteiger partial charge in [0.2, 0.25) is 0 Å². The molecule has 0 aromatic heterocycles. The van der Waals surface area contributed by atoms with Crippen LogP contribution in [0.4, 0.5) is 5.69 Å². The van der Waals surface area contributed by atoms with Crippen LogP contribution in [-0.4, -0.2) is 17.6 Å². The largest absolute Gasteiger partial charge is 0.466 e. The Labute approximate surface area is 168 Å². The lowest BCUT2D eigenvalue weighted by molar-refractivity contribution is -0.143. The Bertz CT molecular complexity index is 634. The second-order valence-corrected chi connectivity index (χ2v) is 8.17. The Morgan fingerprint density at radius 3 is 2.52 bits per heavy atom. The molecule has 148 valence electrons. The minimum Gasteiger partial charge on any atom is -0.466 e. The molecule has 1 heterocycles. The Balaban J connectivity index is 1.70. The van der Waals surface area contributed by atoms with Crippen molar-refractivity contribution in [3.05, 3.63) is 40.8 Å². The minimum atomic E-state index is -0.131. The lowest BCUT2D eigenvalue weighted by Gasteiger charge is -2.04. The zero-order valence-electron chi connectivity index (χ0n) is 16.8. The molecule has 0 unspecified atom stereocenters. The Hall–Kier alpha value is -1.55. The number of aryl methyl sites for hydroxylation is 1. The molecule has 0 radical (unpaired) electrons. The quantitative estimate of drug-likeness (QED) is 0.287. The van der Waals surface area contributed by atoms with Crippen LogP contribution in [0, 0.1) is 0 Å². The maximum absolute atomic E-state index is 11.4. The third-order valence-electron chi connectivity index (χ3n) is 4.64. The first-order valence-electron chi connectivity index (χ1n) is 10.4. The number of esters is 1. The number of aliphatic imine (C=N–C) groups is 1. The van der Waals surface area contributed by atoms with Crippen molar-refractivity contribution in [2.75, 3.05) is 6.61 Å². The highest BCUT2D eigenvalue weighted by atomic mass is 32.2. The first-order chi connectivity index (χ1) is 13.2. The number of thioether (sulfide) groups is 1. The molecule has 0 saturated heterocycles. The number of carbonyl (C=O) groups is 1. The molecule has 0 aliphatic carbocycles. The number of carbonyl (C=O) groups excluding carboxylic acids is 1. The molecule has 0 spiro atoms.